The van der Waals surface area contributed by atoms with Gasteiger partial charge in [-0.1, -0.05) is 12.1 Å². The Hall–Kier alpha value is -1.79. The van der Waals surface area contributed by atoms with Gasteiger partial charge in [-0.15, -0.1) is 0 Å². The maximum atomic E-state index is 11.7. The smallest absolute Gasteiger partial charge is 0.407 e. The van der Waals surface area contributed by atoms with Crippen molar-refractivity contribution in [3.05, 3.63) is 29.8 Å². The number of aliphatic hydroxyl groups is 2. The number of ether oxygens (including phenoxy) is 2. The highest BCUT2D eigenvalue weighted by Crippen LogP contribution is 2.15. The molecule has 0 aliphatic heterocycles. The molecule has 6 nitrogen and oxygen atoms in total. The van der Waals surface area contributed by atoms with Crippen LogP contribution in [0.15, 0.2) is 24.3 Å². The van der Waals surface area contributed by atoms with Crippen molar-refractivity contribution in [3.63, 3.8) is 0 Å². The van der Waals surface area contributed by atoms with Crippen LogP contribution in [-0.4, -0.2) is 47.3 Å². The Kier molecular flexibility index (Phi) is 6.84. The first-order valence-corrected chi connectivity index (χ1v) is 7.61. The Labute approximate surface area is 137 Å². The summed E-state index contributed by atoms with van der Waals surface area (Å²) < 4.78 is 10.2. The first kappa shape index (κ1) is 19.3. The second-order valence-electron chi connectivity index (χ2n) is 6.55. The number of amides is 1. The van der Waals surface area contributed by atoms with Crippen molar-refractivity contribution >= 4 is 6.09 Å². The normalized spacial score (nSPS) is 15.4. The average Bonchev–Trinajstić information content (AvgIpc) is 2.45. The first-order chi connectivity index (χ1) is 10.6. The Morgan fingerprint density at radius 2 is 1.78 bits per heavy atom. The van der Waals surface area contributed by atoms with Gasteiger partial charge in [0, 0.05) is 6.42 Å². The van der Waals surface area contributed by atoms with E-state index in [1.165, 1.54) is 0 Å². The molecule has 23 heavy (non-hydrogen) atoms. The minimum atomic E-state index is -1.11. The van der Waals surface area contributed by atoms with Crippen molar-refractivity contribution in [2.75, 3.05) is 7.11 Å². The molecule has 0 aliphatic rings. The van der Waals surface area contributed by atoms with Gasteiger partial charge in [0.2, 0.25) is 0 Å². The lowest BCUT2D eigenvalue weighted by molar-refractivity contribution is -0.00484. The summed E-state index contributed by atoms with van der Waals surface area (Å²) in [5.41, 5.74) is 0.248. The summed E-state index contributed by atoms with van der Waals surface area (Å²) in [6.07, 6.45) is -2.47. The lowest BCUT2D eigenvalue weighted by atomic mass is 10.00. The summed E-state index contributed by atoms with van der Waals surface area (Å²) in [7, 11) is 1.58. The van der Waals surface area contributed by atoms with E-state index < -0.39 is 29.9 Å². The lowest BCUT2D eigenvalue weighted by Gasteiger charge is -2.26. The van der Waals surface area contributed by atoms with Gasteiger partial charge >= 0.3 is 6.09 Å². The molecule has 0 unspecified atom stereocenters. The Bertz CT molecular complexity index is 495. The summed E-state index contributed by atoms with van der Waals surface area (Å²) in [6, 6.07) is 6.58. The maximum Gasteiger partial charge on any atom is 0.407 e. The molecule has 1 aromatic carbocycles. The van der Waals surface area contributed by atoms with Crippen LogP contribution in [0.3, 0.4) is 0 Å². The number of nitrogens with one attached hydrogen (secondary N) is 1. The zero-order valence-corrected chi connectivity index (χ0v) is 14.4. The van der Waals surface area contributed by atoms with Gasteiger partial charge in [-0.25, -0.2) is 4.79 Å². The number of alkyl carbamates (subject to hydrolysis) is 1. The minimum Gasteiger partial charge on any atom is -0.497 e. The summed E-state index contributed by atoms with van der Waals surface area (Å²) >= 11 is 0. The molecule has 0 bridgehead atoms. The van der Waals surface area contributed by atoms with Crippen LogP contribution >= 0.6 is 0 Å². The summed E-state index contributed by atoms with van der Waals surface area (Å²) in [6.45, 7) is 6.89. The second kappa shape index (κ2) is 8.17. The predicted molar refractivity (Wildman–Crippen MR) is 87.5 cm³/mol. The first-order valence-electron chi connectivity index (χ1n) is 7.61. The van der Waals surface area contributed by atoms with Crippen LogP contribution in [0.25, 0.3) is 0 Å². The van der Waals surface area contributed by atoms with Crippen LogP contribution in [-0.2, 0) is 11.2 Å². The number of methoxy groups -OCH3 is 1. The highest BCUT2D eigenvalue weighted by atomic mass is 16.6. The Balaban J connectivity index is 2.53. The van der Waals surface area contributed by atoms with E-state index in [4.69, 9.17) is 9.47 Å². The van der Waals surface area contributed by atoms with E-state index in [1.807, 2.05) is 12.1 Å². The van der Waals surface area contributed by atoms with Crippen LogP contribution in [0.1, 0.15) is 33.3 Å². The molecule has 0 radical (unpaired) electrons. The van der Waals surface area contributed by atoms with Crippen LogP contribution in [0.2, 0.25) is 0 Å². The fraction of sp³-hybridized carbons (Fsp3) is 0.588. The molecule has 1 amide bonds. The van der Waals surface area contributed by atoms with Crippen molar-refractivity contribution in [2.45, 2.75) is 58.0 Å². The molecule has 0 aromatic heterocycles. The SMILES string of the molecule is COc1ccc(C[C@H](O)[C@@H](O)[C@@H](C)NC(=O)OC(C)(C)C)cc1. The van der Waals surface area contributed by atoms with Crippen LogP contribution in [0.5, 0.6) is 5.75 Å². The summed E-state index contributed by atoms with van der Waals surface area (Å²) in [5.74, 6) is 0.726. The molecule has 1 rings (SSSR count). The topological polar surface area (TPSA) is 88.0 Å². The fourth-order valence-corrected chi connectivity index (χ4v) is 2.04. The molecule has 0 saturated carbocycles. The zero-order chi connectivity index (χ0) is 17.6. The van der Waals surface area contributed by atoms with Gasteiger partial charge in [0.25, 0.3) is 0 Å². The van der Waals surface area contributed by atoms with Gasteiger partial charge in [0.05, 0.1) is 19.3 Å². The fourth-order valence-electron chi connectivity index (χ4n) is 2.04. The summed E-state index contributed by atoms with van der Waals surface area (Å²) in [4.78, 5) is 11.7. The predicted octanol–water partition coefficient (Wildman–Crippen LogP) is 1.87. The standard InChI is InChI=1S/C17H27NO5/c1-11(18-16(21)23-17(2,3)4)15(20)14(19)10-12-6-8-13(22-5)9-7-12/h6-9,11,14-15,19-20H,10H2,1-5H3,(H,18,21)/t11-,14+,15+/m1/s1. The molecule has 0 saturated heterocycles. The van der Waals surface area contributed by atoms with E-state index in [0.29, 0.717) is 0 Å². The van der Waals surface area contributed by atoms with Gasteiger partial charge in [0.1, 0.15) is 17.5 Å². The van der Waals surface area contributed by atoms with Crippen molar-refractivity contribution in [1.29, 1.82) is 0 Å². The van der Waals surface area contributed by atoms with Crippen LogP contribution in [0.4, 0.5) is 4.79 Å². The molecule has 3 atom stereocenters. The monoisotopic (exact) mass is 325 g/mol. The van der Waals surface area contributed by atoms with Crippen LogP contribution in [0, 0.1) is 0 Å². The molecule has 0 aliphatic carbocycles. The molecule has 0 fully saturated rings. The van der Waals surface area contributed by atoms with Gasteiger partial charge in [-0.3, -0.25) is 0 Å². The largest absolute Gasteiger partial charge is 0.497 e. The maximum absolute atomic E-state index is 11.7. The van der Waals surface area contributed by atoms with Gasteiger partial charge in [0.15, 0.2) is 0 Å². The molecule has 3 N–H and O–H groups in total. The summed E-state index contributed by atoms with van der Waals surface area (Å²) in [5, 5.41) is 22.8. The third-order valence-corrected chi connectivity index (χ3v) is 3.25. The van der Waals surface area contributed by atoms with Crippen molar-refractivity contribution in [2.24, 2.45) is 0 Å². The number of hydrogen-bond acceptors (Lipinski definition) is 5. The Morgan fingerprint density at radius 1 is 1.22 bits per heavy atom. The van der Waals surface area contributed by atoms with E-state index in [2.05, 4.69) is 5.32 Å². The van der Waals surface area contributed by atoms with Crippen LogP contribution < -0.4 is 10.1 Å². The van der Waals surface area contributed by atoms with E-state index in [0.717, 1.165) is 11.3 Å². The van der Waals surface area contributed by atoms with E-state index in [-0.39, 0.29) is 6.42 Å². The molecule has 130 valence electrons. The zero-order valence-electron chi connectivity index (χ0n) is 14.4. The molecule has 0 spiro atoms. The molecule has 1 aromatic rings. The Morgan fingerprint density at radius 3 is 2.26 bits per heavy atom. The van der Waals surface area contributed by atoms with E-state index in [9.17, 15) is 15.0 Å². The number of hydrogen-bond donors (Lipinski definition) is 3. The average molecular weight is 325 g/mol. The van der Waals surface area contributed by atoms with Crippen molar-refractivity contribution in [1.82, 2.24) is 5.32 Å². The molecule has 6 heteroatoms. The number of benzene rings is 1. The quantitative estimate of drug-likeness (QED) is 0.743. The van der Waals surface area contributed by atoms with E-state index in [1.54, 1.807) is 46.9 Å². The lowest BCUT2D eigenvalue weighted by Crippen LogP contribution is -2.48. The number of rotatable bonds is 6. The van der Waals surface area contributed by atoms with E-state index >= 15 is 0 Å². The van der Waals surface area contributed by atoms with Gasteiger partial charge < -0.3 is 25.0 Å². The highest BCUT2D eigenvalue weighted by molar-refractivity contribution is 5.68. The van der Waals surface area contributed by atoms with Crippen molar-refractivity contribution in [3.8, 4) is 5.75 Å². The molecular formula is C17H27NO5. The number of carbonyl (C=O) groups excluding carboxylic acids is 1. The number of aliphatic hydroxyl groups excluding tert-OH is 2. The van der Waals surface area contributed by atoms with Gasteiger partial charge in [-0.2, -0.15) is 0 Å². The highest BCUT2D eigenvalue weighted by Gasteiger charge is 2.26. The third-order valence-electron chi connectivity index (χ3n) is 3.25. The van der Waals surface area contributed by atoms with Gasteiger partial charge in [-0.05, 0) is 45.4 Å². The minimum absolute atomic E-state index is 0.269. The second-order valence-corrected chi connectivity index (χ2v) is 6.55. The third kappa shape index (κ3) is 6.88. The van der Waals surface area contributed by atoms with Crippen molar-refractivity contribution < 1.29 is 24.5 Å². The molecular weight excluding hydrogens is 298 g/mol. The molecule has 0 heterocycles. The number of carbonyl (C=O) groups is 1.